The van der Waals surface area contributed by atoms with E-state index in [0.29, 0.717) is 22.7 Å². The van der Waals surface area contributed by atoms with Crippen LogP contribution in [0.25, 0.3) is 0 Å². The molecular weight excluding hydrogens is 260 g/mol. The molecule has 4 nitrogen and oxygen atoms in total. The minimum absolute atomic E-state index is 0.160. The van der Waals surface area contributed by atoms with Crippen LogP contribution < -0.4 is 5.32 Å². The van der Waals surface area contributed by atoms with Gasteiger partial charge >= 0.3 is 0 Å². The summed E-state index contributed by atoms with van der Waals surface area (Å²) in [4.78, 5) is 24.4. The number of Topliss-reactive ketones (excluding diaryl/α,β-unsaturated/α-hetero) is 1. The number of nitrogens with one attached hydrogen (secondary N) is 1. The third kappa shape index (κ3) is 2.20. The SMILES string of the molecule is O=C1C(NCc2ccccc2)=CC(=O)c2sncc21. The van der Waals surface area contributed by atoms with Gasteiger partial charge in [0.15, 0.2) is 5.78 Å². The summed E-state index contributed by atoms with van der Waals surface area (Å²) < 4.78 is 3.90. The van der Waals surface area contributed by atoms with Crippen LogP contribution in [-0.2, 0) is 6.54 Å². The highest BCUT2D eigenvalue weighted by molar-refractivity contribution is 7.08. The van der Waals surface area contributed by atoms with Crippen molar-refractivity contribution in [1.29, 1.82) is 0 Å². The first-order valence-electron chi connectivity index (χ1n) is 5.79. The number of nitrogens with zero attached hydrogens (tertiary/aromatic N) is 1. The molecule has 0 saturated carbocycles. The van der Waals surface area contributed by atoms with Gasteiger partial charge in [0.1, 0.15) is 4.88 Å². The number of ketones is 2. The average molecular weight is 270 g/mol. The maximum Gasteiger partial charge on any atom is 0.212 e. The Bertz CT molecular complexity index is 674. The number of carbonyl (C=O) groups is 2. The van der Waals surface area contributed by atoms with Gasteiger partial charge in [-0.05, 0) is 17.1 Å². The van der Waals surface area contributed by atoms with Gasteiger partial charge in [-0.1, -0.05) is 30.3 Å². The maximum absolute atomic E-state index is 12.1. The predicted molar refractivity (Wildman–Crippen MR) is 72.1 cm³/mol. The molecule has 0 unspecified atom stereocenters. The van der Waals surface area contributed by atoms with Gasteiger partial charge in [0.25, 0.3) is 0 Å². The van der Waals surface area contributed by atoms with Gasteiger partial charge in [0.05, 0.1) is 17.5 Å². The van der Waals surface area contributed by atoms with Crippen molar-refractivity contribution in [2.24, 2.45) is 0 Å². The molecule has 0 spiro atoms. The first-order valence-corrected chi connectivity index (χ1v) is 6.56. The van der Waals surface area contributed by atoms with Gasteiger partial charge in [0.2, 0.25) is 5.78 Å². The second-order valence-corrected chi connectivity index (χ2v) is 4.96. The van der Waals surface area contributed by atoms with Crippen molar-refractivity contribution in [1.82, 2.24) is 9.69 Å². The fourth-order valence-corrected chi connectivity index (χ4v) is 2.57. The number of aromatic nitrogens is 1. The predicted octanol–water partition coefficient (Wildman–Crippen LogP) is 2.20. The molecule has 1 N–H and O–H groups in total. The van der Waals surface area contributed by atoms with E-state index >= 15 is 0 Å². The van der Waals surface area contributed by atoms with Crippen LogP contribution in [0.3, 0.4) is 0 Å². The zero-order valence-electron chi connectivity index (χ0n) is 9.92. The average Bonchev–Trinajstić information content (AvgIpc) is 2.92. The van der Waals surface area contributed by atoms with Crippen molar-refractivity contribution in [3.8, 4) is 0 Å². The lowest BCUT2D eigenvalue weighted by Gasteiger charge is -2.13. The van der Waals surface area contributed by atoms with E-state index in [-0.39, 0.29) is 11.6 Å². The minimum Gasteiger partial charge on any atom is -0.378 e. The Morgan fingerprint density at radius 1 is 1.16 bits per heavy atom. The summed E-state index contributed by atoms with van der Waals surface area (Å²) in [6.07, 6.45) is 2.81. The lowest BCUT2D eigenvalue weighted by molar-refractivity contribution is 0.0981. The van der Waals surface area contributed by atoms with Crippen LogP contribution in [0.5, 0.6) is 0 Å². The molecule has 0 atom stereocenters. The van der Waals surface area contributed by atoms with Crippen molar-refractivity contribution >= 4 is 23.1 Å². The van der Waals surface area contributed by atoms with Gasteiger partial charge < -0.3 is 5.32 Å². The number of hydrogen-bond acceptors (Lipinski definition) is 5. The number of carbonyl (C=O) groups excluding carboxylic acids is 2. The Balaban J connectivity index is 1.79. The Hall–Kier alpha value is -2.27. The quantitative estimate of drug-likeness (QED) is 0.928. The normalized spacial score (nSPS) is 14.0. The summed E-state index contributed by atoms with van der Waals surface area (Å²) in [5, 5.41) is 3.02. The highest BCUT2D eigenvalue weighted by atomic mass is 32.1. The first-order chi connectivity index (χ1) is 9.25. The zero-order valence-corrected chi connectivity index (χ0v) is 10.7. The van der Waals surface area contributed by atoms with Crippen LogP contribution in [0.15, 0.2) is 48.3 Å². The summed E-state index contributed by atoms with van der Waals surface area (Å²) in [5.41, 5.74) is 1.78. The minimum atomic E-state index is -0.167. The van der Waals surface area contributed by atoms with Crippen molar-refractivity contribution in [3.05, 3.63) is 64.3 Å². The maximum atomic E-state index is 12.1. The van der Waals surface area contributed by atoms with Gasteiger partial charge in [-0.3, -0.25) is 9.59 Å². The summed E-state index contributed by atoms with van der Waals surface area (Å²) in [6.45, 7) is 0.512. The molecule has 2 aromatic rings. The van der Waals surface area contributed by atoms with Crippen molar-refractivity contribution in [3.63, 3.8) is 0 Å². The van der Waals surface area contributed by atoms with Gasteiger partial charge in [-0.2, -0.15) is 4.37 Å². The third-order valence-electron chi connectivity index (χ3n) is 2.88. The Labute approximate surface area is 113 Å². The molecule has 0 saturated heterocycles. The molecule has 0 bridgehead atoms. The van der Waals surface area contributed by atoms with Crippen molar-refractivity contribution < 1.29 is 9.59 Å². The van der Waals surface area contributed by atoms with E-state index < -0.39 is 0 Å². The fraction of sp³-hybridized carbons (Fsp3) is 0.0714. The molecule has 3 rings (SSSR count). The van der Waals surface area contributed by atoms with Crippen LogP contribution in [0.4, 0.5) is 0 Å². The van der Waals surface area contributed by atoms with Crippen LogP contribution in [0.2, 0.25) is 0 Å². The molecule has 0 amide bonds. The Morgan fingerprint density at radius 2 is 1.95 bits per heavy atom. The molecule has 94 valence electrons. The van der Waals surface area contributed by atoms with E-state index in [9.17, 15) is 9.59 Å². The van der Waals surface area contributed by atoms with Crippen LogP contribution in [-0.4, -0.2) is 15.9 Å². The van der Waals surface area contributed by atoms with E-state index in [2.05, 4.69) is 9.69 Å². The summed E-state index contributed by atoms with van der Waals surface area (Å²) in [6, 6.07) is 9.71. The topological polar surface area (TPSA) is 59.1 Å². The molecule has 0 aliphatic heterocycles. The largest absolute Gasteiger partial charge is 0.378 e. The molecule has 1 aromatic heterocycles. The number of fused-ring (bicyclic) bond motifs is 1. The summed E-state index contributed by atoms with van der Waals surface area (Å²) in [5.74, 6) is -0.327. The van der Waals surface area contributed by atoms with Gasteiger partial charge in [0, 0.05) is 12.6 Å². The Kier molecular flexibility index (Phi) is 2.97. The third-order valence-corrected chi connectivity index (χ3v) is 3.70. The monoisotopic (exact) mass is 270 g/mol. The van der Waals surface area contributed by atoms with E-state index in [1.165, 1.54) is 12.3 Å². The second kappa shape index (κ2) is 4.78. The number of allylic oxidation sites excluding steroid dienone is 2. The highest BCUT2D eigenvalue weighted by Gasteiger charge is 2.27. The molecule has 5 heteroatoms. The van der Waals surface area contributed by atoms with Gasteiger partial charge in [-0.25, -0.2) is 0 Å². The molecule has 19 heavy (non-hydrogen) atoms. The van der Waals surface area contributed by atoms with Crippen LogP contribution in [0, 0.1) is 0 Å². The molecule has 1 aliphatic carbocycles. The van der Waals surface area contributed by atoms with Crippen molar-refractivity contribution in [2.45, 2.75) is 6.54 Å². The number of hydrogen-bond donors (Lipinski definition) is 1. The Morgan fingerprint density at radius 3 is 2.74 bits per heavy atom. The molecule has 1 aliphatic rings. The van der Waals surface area contributed by atoms with E-state index in [1.54, 1.807) is 0 Å². The lowest BCUT2D eigenvalue weighted by atomic mass is 10.0. The second-order valence-electron chi connectivity index (χ2n) is 4.16. The van der Waals surface area contributed by atoms with Gasteiger partial charge in [-0.15, -0.1) is 0 Å². The van der Waals surface area contributed by atoms with Crippen LogP contribution >= 0.6 is 11.5 Å². The van der Waals surface area contributed by atoms with E-state index in [4.69, 9.17) is 0 Å². The van der Waals surface area contributed by atoms with Crippen LogP contribution in [0.1, 0.15) is 25.6 Å². The molecule has 0 fully saturated rings. The highest BCUT2D eigenvalue weighted by Crippen LogP contribution is 2.23. The fourth-order valence-electron chi connectivity index (χ4n) is 1.91. The number of benzene rings is 1. The standard InChI is InChI=1S/C14H10N2O2S/c17-12-6-11(13(18)10-8-16-19-14(10)12)15-7-9-4-2-1-3-5-9/h1-6,8,15H,7H2. The number of rotatable bonds is 3. The zero-order chi connectivity index (χ0) is 13.2. The molecular formula is C14H10N2O2S. The van der Waals surface area contributed by atoms with E-state index in [0.717, 1.165) is 17.1 Å². The first kappa shape index (κ1) is 11.8. The smallest absolute Gasteiger partial charge is 0.212 e. The summed E-state index contributed by atoms with van der Waals surface area (Å²) >= 11 is 1.06. The molecule has 1 heterocycles. The lowest BCUT2D eigenvalue weighted by Crippen LogP contribution is -2.25. The molecule has 0 radical (unpaired) electrons. The molecule has 1 aromatic carbocycles. The van der Waals surface area contributed by atoms with E-state index in [1.807, 2.05) is 30.3 Å². The van der Waals surface area contributed by atoms with Crippen molar-refractivity contribution in [2.75, 3.05) is 0 Å². The summed E-state index contributed by atoms with van der Waals surface area (Å²) in [7, 11) is 0.